The van der Waals surface area contributed by atoms with E-state index in [0.717, 1.165) is 68.1 Å². The van der Waals surface area contributed by atoms with Crippen LogP contribution in [0.25, 0.3) is 11.3 Å². The van der Waals surface area contributed by atoms with Crippen molar-refractivity contribution < 1.29 is 14.1 Å². The molecule has 1 unspecified atom stereocenters. The van der Waals surface area contributed by atoms with E-state index in [1.54, 1.807) is 0 Å². The van der Waals surface area contributed by atoms with Crippen molar-refractivity contribution in [3.8, 4) is 11.3 Å². The van der Waals surface area contributed by atoms with Gasteiger partial charge in [0.15, 0.2) is 0 Å². The standard InChI is InChI=1S/C25H35N3O3/c1-19(2)16-23(29)28(17-21-12-9-15-30-21)18-22-24(20-10-5-3-6-11-20)26-31-25(22)27-13-7-4-8-14-27/h3,5-6,10-11,19,21H,4,7-9,12-18H2,1-2H3. The highest BCUT2D eigenvalue weighted by Crippen LogP contribution is 2.34. The molecule has 1 aromatic carbocycles. The van der Waals surface area contributed by atoms with Crippen molar-refractivity contribution >= 4 is 11.8 Å². The normalized spacial score (nSPS) is 19.2. The molecule has 0 radical (unpaired) electrons. The fourth-order valence-corrected chi connectivity index (χ4v) is 4.57. The van der Waals surface area contributed by atoms with Crippen LogP contribution in [0, 0.1) is 5.92 Å². The average molecular weight is 426 g/mol. The first kappa shape index (κ1) is 21.9. The number of hydrogen-bond acceptors (Lipinski definition) is 5. The van der Waals surface area contributed by atoms with Gasteiger partial charge in [-0.25, -0.2) is 0 Å². The van der Waals surface area contributed by atoms with Gasteiger partial charge in [-0.1, -0.05) is 49.3 Å². The van der Waals surface area contributed by atoms with Gasteiger partial charge >= 0.3 is 0 Å². The van der Waals surface area contributed by atoms with E-state index in [4.69, 9.17) is 9.26 Å². The van der Waals surface area contributed by atoms with E-state index in [1.807, 2.05) is 23.1 Å². The second-order valence-electron chi connectivity index (χ2n) is 9.24. The van der Waals surface area contributed by atoms with Gasteiger partial charge in [-0.3, -0.25) is 4.79 Å². The van der Waals surface area contributed by atoms with Crippen LogP contribution in [0.2, 0.25) is 0 Å². The van der Waals surface area contributed by atoms with E-state index in [9.17, 15) is 4.79 Å². The summed E-state index contributed by atoms with van der Waals surface area (Å²) in [5.74, 6) is 1.32. The molecule has 1 amide bonds. The van der Waals surface area contributed by atoms with Crippen LogP contribution in [0.4, 0.5) is 5.88 Å². The first-order valence-electron chi connectivity index (χ1n) is 11.8. The summed E-state index contributed by atoms with van der Waals surface area (Å²) >= 11 is 0. The number of rotatable bonds is 8. The Morgan fingerprint density at radius 1 is 1.16 bits per heavy atom. The van der Waals surface area contributed by atoms with Gasteiger partial charge in [-0.15, -0.1) is 0 Å². The second kappa shape index (κ2) is 10.3. The summed E-state index contributed by atoms with van der Waals surface area (Å²) < 4.78 is 11.8. The first-order chi connectivity index (χ1) is 15.1. The molecule has 6 heteroatoms. The van der Waals surface area contributed by atoms with Crippen molar-refractivity contribution in [2.75, 3.05) is 31.1 Å². The number of nitrogens with zero attached hydrogens (tertiary/aromatic N) is 3. The van der Waals surface area contributed by atoms with E-state index in [2.05, 4.69) is 36.0 Å². The van der Waals surface area contributed by atoms with E-state index < -0.39 is 0 Å². The predicted octanol–water partition coefficient (Wildman–Crippen LogP) is 4.89. The molecule has 2 fully saturated rings. The Morgan fingerprint density at radius 2 is 1.94 bits per heavy atom. The minimum Gasteiger partial charge on any atom is -0.376 e. The zero-order chi connectivity index (χ0) is 21.6. The van der Waals surface area contributed by atoms with Crippen LogP contribution >= 0.6 is 0 Å². The van der Waals surface area contributed by atoms with Gasteiger partial charge in [-0.05, 0) is 38.0 Å². The molecule has 2 aliphatic rings. The molecule has 4 rings (SSSR count). The molecule has 168 valence electrons. The van der Waals surface area contributed by atoms with E-state index >= 15 is 0 Å². The van der Waals surface area contributed by atoms with E-state index in [0.29, 0.717) is 25.4 Å². The van der Waals surface area contributed by atoms with Gasteiger partial charge in [0.1, 0.15) is 5.69 Å². The molecular weight excluding hydrogens is 390 g/mol. The number of amides is 1. The maximum absolute atomic E-state index is 13.2. The highest BCUT2D eigenvalue weighted by atomic mass is 16.5. The van der Waals surface area contributed by atoms with Gasteiger partial charge in [0.2, 0.25) is 11.8 Å². The SMILES string of the molecule is CC(C)CC(=O)N(Cc1c(-c2ccccc2)noc1N1CCCCC1)CC1CCCO1. The van der Waals surface area contributed by atoms with Crippen LogP contribution in [0.3, 0.4) is 0 Å². The first-order valence-corrected chi connectivity index (χ1v) is 11.8. The lowest BCUT2D eigenvalue weighted by molar-refractivity contribution is -0.134. The van der Waals surface area contributed by atoms with Crippen LogP contribution in [0.1, 0.15) is 57.9 Å². The second-order valence-corrected chi connectivity index (χ2v) is 9.24. The van der Waals surface area contributed by atoms with Crippen molar-refractivity contribution in [1.82, 2.24) is 10.1 Å². The fraction of sp³-hybridized carbons (Fsp3) is 0.600. The maximum atomic E-state index is 13.2. The third-order valence-electron chi connectivity index (χ3n) is 6.19. The Kier molecular flexibility index (Phi) is 7.28. The largest absolute Gasteiger partial charge is 0.376 e. The molecule has 0 spiro atoms. The van der Waals surface area contributed by atoms with Gasteiger partial charge in [0.05, 0.1) is 18.2 Å². The Morgan fingerprint density at radius 3 is 2.61 bits per heavy atom. The summed E-state index contributed by atoms with van der Waals surface area (Å²) in [5, 5.41) is 4.48. The van der Waals surface area contributed by atoms with Crippen LogP contribution in [0.15, 0.2) is 34.9 Å². The molecule has 6 nitrogen and oxygen atoms in total. The summed E-state index contributed by atoms with van der Waals surface area (Å²) in [4.78, 5) is 17.5. The molecule has 1 atom stereocenters. The molecule has 2 aliphatic heterocycles. The van der Waals surface area contributed by atoms with Crippen molar-refractivity contribution in [2.24, 2.45) is 5.92 Å². The zero-order valence-electron chi connectivity index (χ0n) is 18.9. The molecule has 3 heterocycles. The number of piperidine rings is 1. The van der Waals surface area contributed by atoms with Crippen LogP contribution in [-0.2, 0) is 16.1 Å². The topological polar surface area (TPSA) is 58.8 Å². The molecule has 0 aliphatic carbocycles. The summed E-state index contributed by atoms with van der Waals surface area (Å²) in [6.07, 6.45) is 6.31. The van der Waals surface area contributed by atoms with Crippen LogP contribution in [0.5, 0.6) is 0 Å². The number of anilines is 1. The predicted molar refractivity (Wildman–Crippen MR) is 122 cm³/mol. The third-order valence-corrected chi connectivity index (χ3v) is 6.19. The minimum absolute atomic E-state index is 0.120. The Hall–Kier alpha value is -2.34. The van der Waals surface area contributed by atoms with Crippen molar-refractivity contribution in [2.45, 2.75) is 65.0 Å². The summed E-state index contributed by atoms with van der Waals surface area (Å²) in [6.45, 7) is 8.06. The van der Waals surface area contributed by atoms with E-state index in [1.165, 1.54) is 6.42 Å². The highest BCUT2D eigenvalue weighted by Gasteiger charge is 2.29. The molecule has 0 bridgehead atoms. The van der Waals surface area contributed by atoms with Gasteiger partial charge in [0, 0.05) is 38.2 Å². The number of benzene rings is 1. The molecule has 2 saturated heterocycles. The van der Waals surface area contributed by atoms with E-state index in [-0.39, 0.29) is 12.0 Å². The fourth-order valence-electron chi connectivity index (χ4n) is 4.57. The number of hydrogen-bond donors (Lipinski definition) is 0. The van der Waals surface area contributed by atoms with Crippen LogP contribution in [-0.4, -0.2) is 48.3 Å². The van der Waals surface area contributed by atoms with Crippen molar-refractivity contribution in [1.29, 1.82) is 0 Å². The highest BCUT2D eigenvalue weighted by molar-refractivity contribution is 5.77. The summed E-state index contributed by atoms with van der Waals surface area (Å²) in [5.41, 5.74) is 2.89. The monoisotopic (exact) mass is 425 g/mol. The molecule has 0 saturated carbocycles. The molecule has 2 aromatic rings. The van der Waals surface area contributed by atoms with Gasteiger partial charge < -0.3 is 19.1 Å². The summed E-state index contributed by atoms with van der Waals surface area (Å²) in [7, 11) is 0. The number of aromatic nitrogens is 1. The Bertz CT molecular complexity index is 837. The Balaban J connectivity index is 1.66. The van der Waals surface area contributed by atoms with Gasteiger partial charge in [0.25, 0.3) is 0 Å². The minimum atomic E-state index is 0.120. The van der Waals surface area contributed by atoms with Crippen molar-refractivity contribution in [3.63, 3.8) is 0 Å². The maximum Gasteiger partial charge on any atom is 0.232 e. The third kappa shape index (κ3) is 5.48. The lowest BCUT2D eigenvalue weighted by Crippen LogP contribution is -2.38. The molecule has 1 aromatic heterocycles. The smallest absolute Gasteiger partial charge is 0.232 e. The number of ether oxygens (including phenoxy) is 1. The van der Waals surface area contributed by atoms with Gasteiger partial charge in [-0.2, -0.15) is 0 Å². The molecular formula is C25H35N3O3. The lowest BCUT2D eigenvalue weighted by Gasteiger charge is -2.29. The summed E-state index contributed by atoms with van der Waals surface area (Å²) in [6, 6.07) is 10.2. The lowest BCUT2D eigenvalue weighted by atomic mass is 10.0. The van der Waals surface area contributed by atoms with Crippen LogP contribution < -0.4 is 4.90 Å². The number of carbonyl (C=O) groups is 1. The zero-order valence-corrected chi connectivity index (χ0v) is 18.9. The number of carbonyl (C=O) groups excluding carboxylic acids is 1. The molecule has 0 N–H and O–H groups in total. The quantitative estimate of drug-likeness (QED) is 0.603. The average Bonchev–Trinajstić information content (AvgIpc) is 3.44. The molecule has 31 heavy (non-hydrogen) atoms. The van der Waals surface area contributed by atoms with Crippen molar-refractivity contribution in [3.05, 3.63) is 35.9 Å². The Labute approximate surface area is 185 Å².